The van der Waals surface area contributed by atoms with Gasteiger partial charge in [0.25, 0.3) is 0 Å². The van der Waals surface area contributed by atoms with Crippen LogP contribution in [0.1, 0.15) is 11.3 Å². The standard InChI is InChI=1S/C18H14N2/c19-14-6-3-5-12(10-14)16-8-9-20-17-11-13-4-1-2-7-15(13)18(16)17/h1-10H,11,19H2. The predicted octanol–water partition coefficient (Wildman–Crippen LogP) is 3.90. The van der Waals surface area contributed by atoms with Gasteiger partial charge in [0.05, 0.1) is 5.69 Å². The van der Waals surface area contributed by atoms with Gasteiger partial charge in [-0.05, 0) is 40.5 Å². The zero-order chi connectivity index (χ0) is 13.5. The normalized spacial score (nSPS) is 12.0. The molecule has 20 heavy (non-hydrogen) atoms. The van der Waals surface area contributed by atoms with Gasteiger partial charge in [0.2, 0.25) is 0 Å². The fraction of sp³-hybridized carbons (Fsp3) is 0.0556. The Bertz CT molecular complexity index is 806. The van der Waals surface area contributed by atoms with Gasteiger partial charge < -0.3 is 5.73 Å². The first-order valence-electron chi connectivity index (χ1n) is 6.75. The summed E-state index contributed by atoms with van der Waals surface area (Å²) < 4.78 is 0. The molecule has 0 amide bonds. The van der Waals surface area contributed by atoms with Crippen molar-refractivity contribution in [3.63, 3.8) is 0 Å². The molecule has 0 bridgehead atoms. The number of nitrogens with two attached hydrogens (primary N) is 1. The summed E-state index contributed by atoms with van der Waals surface area (Å²) in [7, 11) is 0. The first-order valence-corrected chi connectivity index (χ1v) is 6.75. The number of hydrogen-bond acceptors (Lipinski definition) is 2. The van der Waals surface area contributed by atoms with Crippen molar-refractivity contribution in [1.82, 2.24) is 4.98 Å². The number of fused-ring (bicyclic) bond motifs is 3. The topological polar surface area (TPSA) is 38.9 Å². The average molecular weight is 258 g/mol. The minimum atomic E-state index is 0.791. The molecule has 0 unspecified atom stereocenters. The second-order valence-corrected chi connectivity index (χ2v) is 5.14. The van der Waals surface area contributed by atoms with Crippen molar-refractivity contribution in [2.45, 2.75) is 6.42 Å². The van der Waals surface area contributed by atoms with Crippen LogP contribution in [0.25, 0.3) is 22.3 Å². The molecule has 2 N–H and O–H groups in total. The maximum atomic E-state index is 5.92. The number of benzene rings is 2. The summed E-state index contributed by atoms with van der Waals surface area (Å²) in [5, 5.41) is 0. The highest BCUT2D eigenvalue weighted by Gasteiger charge is 2.22. The molecule has 1 heterocycles. The number of nitrogens with zero attached hydrogens (tertiary/aromatic N) is 1. The smallest absolute Gasteiger partial charge is 0.0532 e. The Morgan fingerprint density at radius 3 is 2.70 bits per heavy atom. The number of nitrogen functional groups attached to an aromatic ring is 1. The fourth-order valence-corrected chi connectivity index (χ4v) is 2.99. The lowest BCUT2D eigenvalue weighted by atomic mass is 9.96. The van der Waals surface area contributed by atoms with Gasteiger partial charge in [-0.15, -0.1) is 0 Å². The highest BCUT2D eigenvalue weighted by molar-refractivity contribution is 5.89. The Hall–Kier alpha value is -2.61. The van der Waals surface area contributed by atoms with Gasteiger partial charge in [-0.3, -0.25) is 4.98 Å². The van der Waals surface area contributed by atoms with Crippen molar-refractivity contribution in [3.8, 4) is 22.3 Å². The van der Waals surface area contributed by atoms with E-state index in [1.54, 1.807) is 0 Å². The van der Waals surface area contributed by atoms with E-state index in [9.17, 15) is 0 Å². The van der Waals surface area contributed by atoms with Crippen LogP contribution in [0.5, 0.6) is 0 Å². The van der Waals surface area contributed by atoms with Crippen LogP contribution in [-0.2, 0) is 6.42 Å². The molecular formula is C18H14N2. The molecule has 3 aromatic rings. The number of pyridine rings is 1. The molecule has 0 saturated carbocycles. The molecule has 1 aromatic heterocycles. The Morgan fingerprint density at radius 1 is 0.900 bits per heavy atom. The molecule has 2 nitrogen and oxygen atoms in total. The molecular weight excluding hydrogens is 244 g/mol. The van der Waals surface area contributed by atoms with Crippen LogP contribution in [-0.4, -0.2) is 4.98 Å². The summed E-state index contributed by atoms with van der Waals surface area (Å²) in [5.74, 6) is 0. The van der Waals surface area contributed by atoms with Crippen molar-refractivity contribution in [2.75, 3.05) is 5.73 Å². The van der Waals surface area contributed by atoms with E-state index >= 15 is 0 Å². The molecule has 0 fully saturated rings. The summed E-state index contributed by atoms with van der Waals surface area (Å²) in [6.45, 7) is 0. The van der Waals surface area contributed by atoms with E-state index in [-0.39, 0.29) is 0 Å². The SMILES string of the molecule is Nc1cccc(-c2ccnc3c2-c2ccccc2C3)c1. The highest BCUT2D eigenvalue weighted by atomic mass is 14.7. The van der Waals surface area contributed by atoms with Gasteiger partial charge >= 0.3 is 0 Å². The van der Waals surface area contributed by atoms with Gasteiger partial charge in [-0.25, -0.2) is 0 Å². The van der Waals surface area contributed by atoms with Gasteiger partial charge in [-0.1, -0.05) is 36.4 Å². The van der Waals surface area contributed by atoms with Gasteiger partial charge in [0, 0.05) is 23.9 Å². The quantitative estimate of drug-likeness (QED) is 0.526. The van der Waals surface area contributed by atoms with E-state index in [0.29, 0.717) is 0 Å². The zero-order valence-corrected chi connectivity index (χ0v) is 11.0. The third kappa shape index (κ3) is 1.62. The number of hydrogen-bond donors (Lipinski definition) is 1. The lowest BCUT2D eigenvalue weighted by Gasteiger charge is -2.09. The van der Waals surface area contributed by atoms with Crippen molar-refractivity contribution in [3.05, 3.63) is 72.1 Å². The molecule has 2 aromatic carbocycles. The molecule has 96 valence electrons. The third-order valence-electron chi connectivity index (χ3n) is 3.87. The van der Waals surface area contributed by atoms with E-state index in [4.69, 9.17) is 5.73 Å². The third-order valence-corrected chi connectivity index (χ3v) is 3.87. The van der Waals surface area contributed by atoms with Crippen molar-refractivity contribution in [2.24, 2.45) is 0 Å². The maximum absolute atomic E-state index is 5.92. The Labute approximate surface area is 117 Å². The molecule has 0 atom stereocenters. The molecule has 2 heteroatoms. The minimum Gasteiger partial charge on any atom is -0.399 e. The average Bonchev–Trinajstić information content (AvgIpc) is 2.85. The summed E-state index contributed by atoms with van der Waals surface area (Å²) in [6.07, 6.45) is 2.81. The van der Waals surface area contributed by atoms with E-state index in [1.807, 2.05) is 24.4 Å². The van der Waals surface area contributed by atoms with Crippen LogP contribution in [0.2, 0.25) is 0 Å². The number of rotatable bonds is 1. The van der Waals surface area contributed by atoms with Crippen LogP contribution in [0, 0.1) is 0 Å². The van der Waals surface area contributed by atoms with E-state index in [2.05, 4.69) is 41.4 Å². The molecule has 0 spiro atoms. The first-order chi connectivity index (χ1) is 9.83. The molecule has 0 radical (unpaired) electrons. The van der Waals surface area contributed by atoms with E-state index in [0.717, 1.165) is 23.4 Å². The first kappa shape index (κ1) is 11.2. The molecule has 1 aliphatic carbocycles. The van der Waals surface area contributed by atoms with E-state index < -0.39 is 0 Å². The molecule has 0 aliphatic heterocycles. The van der Waals surface area contributed by atoms with Crippen LogP contribution in [0.3, 0.4) is 0 Å². The largest absolute Gasteiger partial charge is 0.399 e. The Morgan fingerprint density at radius 2 is 1.80 bits per heavy atom. The van der Waals surface area contributed by atoms with Crippen LogP contribution in [0.15, 0.2) is 60.8 Å². The summed E-state index contributed by atoms with van der Waals surface area (Å²) in [6, 6.07) is 18.7. The fourth-order valence-electron chi connectivity index (χ4n) is 2.99. The van der Waals surface area contributed by atoms with Crippen LogP contribution < -0.4 is 5.73 Å². The summed E-state index contributed by atoms with van der Waals surface area (Å²) in [4.78, 5) is 4.55. The Balaban J connectivity index is 2.00. The minimum absolute atomic E-state index is 0.791. The summed E-state index contributed by atoms with van der Waals surface area (Å²) in [5.41, 5.74) is 14.1. The molecule has 0 saturated heterocycles. The van der Waals surface area contributed by atoms with Crippen LogP contribution >= 0.6 is 0 Å². The van der Waals surface area contributed by atoms with Gasteiger partial charge in [0.15, 0.2) is 0 Å². The highest BCUT2D eigenvalue weighted by Crippen LogP contribution is 2.41. The lowest BCUT2D eigenvalue weighted by Crippen LogP contribution is -1.91. The predicted molar refractivity (Wildman–Crippen MR) is 82.3 cm³/mol. The van der Waals surface area contributed by atoms with E-state index in [1.165, 1.54) is 22.3 Å². The van der Waals surface area contributed by atoms with Gasteiger partial charge in [0.1, 0.15) is 0 Å². The van der Waals surface area contributed by atoms with Crippen LogP contribution in [0.4, 0.5) is 5.69 Å². The van der Waals surface area contributed by atoms with Gasteiger partial charge in [-0.2, -0.15) is 0 Å². The maximum Gasteiger partial charge on any atom is 0.0532 e. The molecule has 4 rings (SSSR count). The van der Waals surface area contributed by atoms with Crippen molar-refractivity contribution < 1.29 is 0 Å². The number of aromatic nitrogens is 1. The monoisotopic (exact) mass is 258 g/mol. The number of anilines is 1. The lowest BCUT2D eigenvalue weighted by molar-refractivity contribution is 1.12. The second-order valence-electron chi connectivity index (χ2n) is 5.14. The summed E-state index contributed by atoms with van der Waals surface area (Å²) >= 11 is 0. The Kier molecular flexibility index (Phi) is 2.36. The molecule has 1 aliphatic rings. The second kappa shape index (κ2) is 4.20. The zero-order valence-electron chi connectivity index (χ0n) is 11.0. The van der Waals surface area contributed by atoms with Crippen molar-refractivity contribution >= 4 is 5.69 Å². The van der Waals surface area contributed by atoms with Crippen molar-refractivity contribution in [1.29, 1.82) is 0 Å².